The van der Waals surface area contributed by atoms with E-state index in [-0.39, 0.29) is 11.9 Å². The Morgan fingerprint density at radius 1 is 1.12 bits per heavy atom. The fourth-order valence-corrected chi connectivity index (χ4v) is 4.60. The fourth-order valence-electron chi connectivity index (χ4n) is 4.23. The molecule has 172 valence electrons. The summed E-state index contributed by atoms with van der Waals surface area (Å²) in [6.07, 6.45) is 3.12. The van der Waals surface area contributed by atoms with E-state index in [9.17, 15) is 4.79 Å². The average molecular weight is 494 g/mol. The number of carbonyl (C=O) groups is 1. The maximum atomic E-state index is 13.7. The van der Waals surface area contributed by atoms with Crippen LogP contribution in [-0.4, -0.2) is 37.5 Å². The topological polar surface area (TPSA) is 85.0 Å². The van der Waals surface area contributed by atoms with Crippen LogP contribution < -0.4 is 0 Å². The van der Waals surface area contributed by atoms with E-state index in [1.807, 2.05) is 37.3 Å². The molecule has 1 unspecified atom stereocenters. The number of aryl methyl sites for hydroxylation is 1. The highest BCUT2D eigenvalue weighted by molar-refractivity contribution is 6.31. The lowest BCUT2D eigenvalue weighted by atomic mass is 10.1. The average Bonchev–Trinajstić information content (AvgIpc) is 3.50. The van der Waals surface area contributed by atoms with E-state index in [2.05, 4.69) is 20.1 Å². The number of amides is 1. The van der Waals surface area contributed by atoms with Gasteiger partial charge in [-0.05, 0) is 50.5 Å². The molecule has 9 heteroatoms. The van der Waals surface area contributed by atoms with Crippen molar-refractivity contribution in [3.05, 3.63) is 81.5 Å². The van der Waals surface area contributed by atoms with Crippen LogP contribution in [0.3, 0.4) is 0 Å². The number of hydrogen-bond acceptors (Lipinski definition) is 6. The van der Waals surface area contributed by atoms with Crippen molar-refractivity contribution in [1.29, 1.82) is 0 Å². The van der Waals surface area contributed by atoms with Gasteiger partial charge in [-0.25, -0.2) is 9.97 Å². The van der Waals surface area contributed by atoms with E-state index < -0.39 is 0 Å². The third kappa shape index (κ3) is 4.17. The summed E-state index contributed by atoms with van der Waals surface area (Å²) in [6.45, 7) is 4.27. The van der Waals surface area contributed by atoms with Gasteiger partial charge in [0.05, 0.1) is 11.3 Å². The van der Waals surface area contributed by atoms with Crippen LogP contribution >= 0.6 is 23.2 Å². The summed E-state index contributed by atoms with van der Waals surface area (Å²) < 4.78 is 5.62. The minimum absolute atomic E-state index is 0.184. The number of rotatable bonds is 4. The zero-order chi connectivity index (χ0) is 23.8. The third-order valence-electron chi connectivity index (χ3n) is 5.99. The fraction of sp³-hybridized carbons (Fsp3) is 0.240. The molecule has 1 atom stereocenters. The molecule has 4 aromatic rings. The van der Waals surface area contributed by atoms with Crippen LogP contribution in [0, 0.1) is 13.8 Å². The van der Waals surface area contributed by atoms with Crippen molar-refractivity contribution >= 4 is 29.1 Å². The van der Waals surface area contributed by atoms with Crippen molar-refractivity contribution in [2.75, 3.05) is 6.54 Å². The first-order valence-corrected chi connectivity index (χ1v) is 11.7. The molecule has 0 aliphatic carbocycles. The lowest BCUT2D eigenvalue weighted by Crippen LogP contribution is -2.31. The highest BCUT2D eigenvalue weighted by Gasteiger charge is 2.36. The first kappa shape index (κ1) is 22.5. The van der Waals surface area contributed by atoms with Gasteiger partial charge < -0.3 is 9.42 Å². The smallest absolute Gasteiger partial charge is 0.258 e. The molecule has 0 saturated carbocycles. The van der Waals surface area contributed by atoms with Crippen LogP contribution in [0.2, 0.25) is 10.0 Å². The number of nitrogens with zero attached hydrogens (tertiary/aromatic N) is 5. The van der Waals surface area contributed by atoms with Crippen molar-refractivity contribution in [2.45, 2.75) is 32.7 Å². The molecule has 3 heterocycles. The first-order valence-electron chi connectivity index (χ1n) is 10.9. The summed E-state index contributed by atoms with van der Waals surface area (Å²) in [5.74, 6) is 1.24. The minimum atomic E-state index is -0.332. The number of hydrogen-bond donors (Lipinski definition) is 0. The van der Waals surface area contributed by atoms with Crippen LogP contribution in [0.5, 0.6) is 0 Å². The lowest BCUT2D eigenvalue weighted by Gasteiger charge is -2.23. The monoisotopic (exact) mass is 493 g/mol. The molecule has 1 amide bonds. The molecular weight excluding hydrogens is 473 g/mol. The minimum Gasteiger partial charge on any atom is -0.337 e. The summed E-state index contributed by atoms with van der Waals surface area (Å²) in [7, 11) is 0. The lowest BCUT2D eigenvalue weighted by molar-refractivity contribution is 0.0710. The molecule has 1 aliphatic rings. The predicted octanol–water partition coefficient (Wildman–Crippen LogP) is 6.09. The van der Waals surface area contributed by atoms with Crippen molar-refractivity contribution in [1.82, 2.24) is 25.0 Å². The normalized spacial score (nSPS) is 15.6. The summed E-state index contributed by atoms with van der Waals surface area (Å²) in [5.41, 5.74) is 3.39. The molecule has 1 saturated heterocycles. The van der Waals surface area contributed by atoms with Gasteiger partial charge in [0.1, 0.15) is 11.9 Å². The predicted molar refractivity (Wildman–Crippen MR) is 130 cm³/mol. The first-order chi connectivity index (χ1) is 16.4. The summed E-state index contributed by atoms with van der Waals surface area (Å²) >= 11 is 12.5. The molecule has 2 aromatic heterocycles. The molecule has 0 radical (unpaired) electrons. The van der Waals surface area contributed by atoms with Crippen LogP contribution in [0.25, 0.3) is 22.6 Å². The van der Waals surface area contributed by atoms with Crippen LogP contribution in [0.4, 0.5) is 0 Å². The Labute approximate surface area is 206 Å². The Hall–Kier alpha value is -3.29. The van der Waals surface area contributed by atoms with Gasteiger partial charge >= 0.3 is 0 Å². The molecule has 7 nitrogen and oxygen atoms in total. The van der Waals surface area contributed by atoms with Crippen molar-refractivity contribution in [2.24, 2.45) is 0 Å². The van der Waals surface area contributed by atoms with E-state index in [0.29, 0.717) is 45.4 Å². The van der Waals surface area contributed by atoms with Crippen LogP contribution in [0.15, 0.2) is 53.2 Å². The maximum absolute atomic E-state index is 13.7. The highest BCUT2D eigenvalue weighted by atomic mass is 35.5. The summed E-state index contributed by atoms with van der Waals surface area (Å²) in [6, 6.07) is 12.5. The van der Waals surface area contributed by atoms with Crippen molar-refractivity contribution in [3.8, 4) is 22.6 Å². The number of aromatic nitrogens is 4. The summed E-state index contributed by atoms with van der Waals surface area (Å²) in [4.78, 5) is 28.9. The zero-order valence-electron chi connectivity index (χ0n) is 18.6. The second-order valence-electron chi connectivity index (χ2n) is 8.22. The molecule has 0 N–H and O–H groups in total. The SMILES string of the molecule is Cc1ncc(C(=O)N2CCCC2c2nc(-c3cccc(Cl)c3C)no2)c(-c2cccc(Cl)c2)n1. The second-order valence-corrected chi connectivity index (χ2v) is 9.06. The van der Waals surface area contributed by atoms with Crippen molar-refractivity contribution in [3.63, 3.8) is 0 Å². The Kier molecular flexibility index (Phi) is 6.06. The largest absolute Gasteiger partial charge is 0.337 e. The molecule has 1 fully saturated rings. The Bertz CT molecular complexity index is 1390. The summed E-state index contributed by atoms with van der Waals surface area (Å²) in [5, 5.41) is 5.37. The second kappa shape index (κ2) is 9.16. The van der Waals surface area contributed by atoms with Gasteiger partial charge in [-0.2, -0.15) is 4.98 Å². The quantitative estimate of drug-likeness (QED) is 0.341. The molecule has 1 aliphatic heterocycles. The Balaban J connectivity index is 1.48. The van der Waals surface area contributed by atoms with Gasteiger partial charge in [0, 0.05) is 33.9 Å². The highest BCUT2D eigenvalue weighted by Crippen LogP contribution is 2.35. The van der Waals surface area contributed by atoms with Gasteiger partial charge in [0.15, 0.2) is 0 Å². The molecule has 2 aromatic carbocycles. The standard InChI is InChI=1S/C25H21Cl2N5O2/c1-14-18(8-4-9-20(14)27)23-30-24(34-31-23)21-10-5-11-32(21)25(33)19-13-28-15(2)29-22(19)16-6-3-7-17(26)12-16/h3-4,6-9,12-13,21H,5,10-11H2,1-2H3. The van der Waals surface area contributed by atoms with E-state index in [1.54, 1.807) is 30.2 Å². The van der Waals surface area contributed by atoms with E-state index in [1.165, 1.54) is 0 Å². The zero-order valence-corrected chi connectivity index (χ0v) is 20.1. The number of halogens is 2. The van der Waals surface area contributed by atoms with Gasteiger partial charge in [0.2, 0.25) is 11.7 Å². The number of likely N-dealkylation sites (tertiary alicyclic amines) is 1. The maximum Gasteiger partial charge on any atom is 0.258 e. The molecule has 0 bridgehead atoms. The third-order valence-corrected chi connectivity index (χ3v) is 6.63. The van der Waals surface area contributed by atoms with Crippen LogP contribution in [-0.2, 0) is 0 Å². The van der Waals surface area contributed by atoms with Gasteiger partial charge in [-0.1, -0.05) is 52.6 Å². The van der Waals surface area contributed by atoms with Crippen molar-refractivity contribution < 1.29 is 9.32 Å². The number of benzene rings is 2. The van der Waals surface area contributed by atoms with Gasteiger partial charge in [-0.15, -0.1) is 0 Å². The number of carbonyl (C=O) groups excluding carboxylic acids is 1. The molecule has 0 spiro atoms. The van der Waals surface area contributed by atoms with Gasteiger partial charge in [-0.3, -0.25) is 4.79 Å². The van der Waals surface area contributed by atoms with E-state index >= 15 is 0 Å². The molecular formula is C25H21Cl2N5O2. The molecule has 34 heavy (non-hydrogen) atoms. The van der Waals surface area contributed by atoms with E-state index in [0.717, 1.165) is 29.5 Å². The van der Waals surface area contributed by atoms with Gasteiger partial charge in [0.25, 0.3) is 5.91 Å². The van der Waals surface area contributed by atoms with Crippen LogP contribution in [0.1, 0.15) is 46.5 Å². The van der Waals surface area contributed by atoms with E-state index in [4.69, 9.17) is 27.7 Å². The Morgan fingerprint density at radius 2 is 1.94 bits per heavy atom. The molecule has 5 rings (SSSR count). The Morgan fingerprint density at radius 3 is 2.76 bits per heavy atom.